The first-order valence-electron chi connectivity index (χ1n) is 10.5. The first kappa shape index (κ1) is 21.4. The summed E-state index contributed by atoms with van der Waals surface area (Å²) in [5, 5.41) is 6.84. The van der Waals surface area contributed by atoms with Crippen molar-refractivity contribution in [2.24, 2.45) is 0 Å². The van der Waals surface area contributed by atoms with E-state index in [1.165, 1.54) is 12.1 Å². The molecule has 0 spiro atoms. The summed E-state index contributed by atoms with van der Waals surface area (Å²) in [6, 6.07) is 14.2. The lowest BCUT2D eigenvalue weighted by Crippen LogP contribution is -2.19. The molecule has 2 aromatic carbocycles. The first-order valence-corrected chi connectivity index (χ1v) is 10.5. The molecule has 0 aliphatic heterocycles. The molecule has 0 saturated heterocycles. The third-order valence-electron chi connectivity index (χ3n) is 5.26. The first-order chi connectivity index (χ1) is 15.6. The van der Waals surface area contributed by atoms with E-state index in [-0.39, 0.29) is 11.7 Å². The van der Waals surface area contributed by atoms with Crippen LogP contribution in [0.4, 0.5) is 10.2 Å². The van der Waals surface area contributed by atoms with E-state index in [0.717, 1.165) is 46.0 Å². The van der Waals surface area contributed by atoms with Gasteiger partial charge in [0, 0.05) is 25.2 Å². The third-order valence-corrected chi connectivity index (χ3v) is 5.26. The maximum Gasteiger partial charge on any atom is 0.269 e. The molecule has 0 aliphatic rings. The molecule has 6 nitrogen and oxygen atoms in total. The highest BCUT2D eigenvalue weighted by Crippen LogP contribution is 2.31. The molecule has 0 unspecified atom stereocenters. The summed E-state index contributed by atoms with van der Waals surface area (Å²) >= 11 is 0. The van der Waals surface area contributed by atoms with Gasteiger partial charge < -0.3 is 10.6 Å². The maximum atomic E-state index is 13.4. The number of aromatic nitrogens is 3. The van der Waals surface area contributed by atoms with Gasteiger partial charge in [0.2, 0.25) is 0 Å². The monoisotopic (exact) mass is 429 g/mol. The Hall–Kier alpha value is -3.87. The third kappa shape index (κ3) is 4.56. The number of halogens is 1. The van der Waals surface area contributed by atoms with Gasteiger partial charge in [0.05, 0.1) is 5.52 Å². The van der Waals surface area contributed by atoms with Crippen LogP contribution in [0.5, 0.6) is 0 Å². The van der Waals surface area contributed by atoms with Gasteiger partial charge in [-0.1, -0.05) is 31.5 Å². The zero-order chi connectivity index (χ0) is 22.5. The molecular weight excluding hydrogens is 405 g/mol. The van der Waals surface area contributed by atoms with Gasteiger partial charge in [-0.3, -0.25) is 9.78 Å². The predicted molar refractivity (Wildman–Crippen MR) is 124 cm³/mol. The summed E-state index contributed by atoms with van der Waals surface area (Å²) in [6.45, 7) is 2.63. The quantitative estimate of drug-likeness (QED) is 0.443. The van der Waals surface area contributed by atoms with Crippen LogP contribution in [0.25, 0.3) is 22.0 Å². The Morgan fingerprint density at radius 1 is 1.00 bits per heavy atom. The van der Waals surface area contributed by atoms with Gasteiger partial charge in [-0.2, -0.15) is 0 Å². The highest BCUT2D eigenvalue weighted by Gasteiger charge is 2.12. The van der Waals surface area contributed by atoms with Crippen LogP contribution in [0.3, 0.4) is 0 Å². The molecule has 0 radical (unpaired) electrons. The van der Waals surface area contributed by atoms with Crippen molar-refractivity contribution in [3.05, 3.63) is 83.7 Å². The lowest BCUT2D eigenvalue weighted by atomic mass is 9.97. The van der Waals surface area contributed by atoms with E-state index in [2.05, 4.69) is 38.6 Å². The second-order valence-corrected chi connectivity index (χ2v) is 7.50. The lowest BCUT2D eigenvalue weighted by molar-refractivity contribution is 0.0958. The molecule has 0 bridgehead atoms. The Balaban J connectivity index is 1.68. The Labute approximate surface area is 186 Å². The van der Waals surface area contributed by atoms with E-state index >= 15 is 0 Å². The zero-order valence-electron chi connectivity index (χ0n) is 18.0. The van der Waals surface area contributed by atoms with Crippen LogP contribution < -0.4 is 10.6 Å². The largest absolute Gasteiger partial charge is 0.365 e. The van der Waals surface area contributed by atoms with Crippen LogP contribution in [0.15, 0.2) is 61.1 Å². The smallest absolute Gasteiger partial charge is 0.269 e. The zero-order valence-corrected chi connectivity index (χ0v) is 18.0. The SMILES string of the molecule is CCCc1cc(-c2ccc(F)cc2)cc2c(NCc3ccc(C(=O)NC)nc3)ncnc12. The number of pyridine rings is 1. The molecule has 2 N–H and O–H groups in total. The molecule has 4 rings (SSSR count). The number of carbonyl (C=O) groups excluding carboxylic acids is 1. The van der Waals surface area contributed by atoms with E-state index < -0.39 is 0 Å². The summed E-state index contributed by atoms with van der Waals surface area (Å²) in [7, 11) is 1.58. The number of hydrogen-bond donors (Lipinski definition) is 2. The van der Waals surface area contributed by atoms with Crippen molar-refractivity contribution in [3.8, 4) is 11.1 Å². The molecule has 2 heterocycles. The highest BCUT2D eigenvalue weighted by molar-refractivity contribution is 5.95. The minimum absolute atomic E-state index is 0.219. The summed E-state index contributed by atoms with van der Waals surface area (Å²) in [6.07, 6.45) is 5.10. The van der Waals surface area contributed by atoms with E-state index in [1.807, 2.05) is 12.1 Å². The van der Waals surface area contributed by atoms with Crippen LogP contribution in [-0.4, -0.2) is 27.9 Å². The van der Waals surface area contributed by atoms with Gasteiger partial charge >= 0.3 is 0 Å². The molecular formula is C25H24FN5O. The Bertz CT molecular complexity index is 1240. The number of nitrogens with zero attached hydrogens (tertiary/aromatic N) is 3. The van der Waals surface area contributed by atoms with Gasteiger partial charge in [-0.25, -0.2) is 14.4 Å². The lowest BCUT2D eigenvalue weighted by Gasteiger charge is -2.13. The fraction of sp³-hybridized carbons (Fsp3) is 0.200. The minimum Gasteiger partial charge on any atom is -0.365 e. The van der Waals surface area contributed by atoms with E-state index in [0.29, 0.717) is 18.1 Å². The molecule has 1 amide bonds. The standard InChI is InChI=1S/C25H24FN5O/c1-3-4-18-11-19(17-6-8-20(26)9-7-17)12-21-23(18)30-15-31-24(21)29-14-16-5-10-22(28-13-16)25(32)27-2/h5-13,15H,3-4,14H2,1-2H3,(H,27,32)(H,29,30,31). The molecule has 32 heavy (non-hydrogen) atoms. The Kier molecular flexibility index (Phi) is 6.35. The molecule has 4 aromatic rings. The molecule has 0 atom stereocenters. The summed E-state index contributed by atoms with van der Waals surface area (Å²) < 4.78 is 13.4. The van der Waals surface area contributed by atoms with Crippen molar-refractivity contribution < 1.29 is 9.18 Å². The van der Waals surface area contributed by atoms with Gasteiger partial charge in [-0.15, -0.1) is 0 Å². The number of anilines is 1. The number of rotatable bonds is 7. The predicted octanol–water partition coefficient (Wildman–Crippen LogP) is 4.76. The van der Waals surface area contributed by atoms with Crippen molar-refractivity contribution in [3.63, 3.8) is 0 Å². The van der Waals surface area contributed by atoms with Crippen LogP contribution in [-0.2, 0) is 13.0 Å². The highest BCUT2D eigenvalue weighted by atomic mass is 19.1. The molecule has 7 heteroatoms. The van der Waals surface area contributed by atoms with Crippen LogP contribution in [0.1, 0.15) is 35.0 Å². The van der Waals surface area contributed by atoms with Crippen molar-refractivity contribution in [1.82, 2.24) is 20.3 Å². The van der Waals surface area contributed by atoms with Crippen LogP contribution in [0.2, 0.25) is 0 Å². The van der Waals surface area contributed by atoms with Crippen molar-refractivity contribution in [1.29, 1.82) is 0 Å². The molecule has 162 valence electrons. The summed E-state index contributed by atoms with van der Waals surface area (Å²) in [4.78, 5) is 24.9. The normalized spacial score (nSPS) is 10.8. The average molecular weight is 429 g/mol. The number of benzene rings is 2. The van der Waals surface area contributed by atoms with Crippen LogP contribution >= 0.6 is 0 Å². The fourth-order valence-corrected chi connectivity index (χ4v) is 3.63. The van der Waals surface area contributed by atoms with Crippen molar-refractivity contribution in [2.75, 3.05) is 12.4 Å². The van der Waals surface area contributed by atoms with E-state index in [1.54, 1.807) is 37.8 Å². The Morgan fingerprint density at radius 2 is 1.81 bits per heavy atom. The molecule has 2 aromatic heterocycles. The summed E-state index contributed by atoms with van der Waals surface area (Å²) in [5.74, 6) is 0.236. The number of fused-ring (bicyclic) bond motifs is 1. The topological polar surface area (TPSA) is 79.8 Å². The van der Waals surface area contributed by atoms with E-state index in [9.17, 15) is 9.18 Å². The molecule has 0 saturated carbocycles. The molecule has 0 fully saturated rings. The van der Waals surface area contributed by atoms with Gasteiger partial charge in [0.25, 0.3) is 5.91 Å². The number of carbonyl (C=O) groups is 1. The number of hydrogen-bond acceptors (Lipinski definition) is 5. The van der Waals surface area contributed by atoms with Crippen molar-refractivity contribution >= 4 is 22.6 Å². The maximum absolute atomic E-state index is 13.4. The Morgan fingerprint density at radius 3 is 2.50 bits per heavy atom. The van der Waals surface area contributed by atoms with Crippen molar-refractivity contribution in [2.45, 2.75) is 26.3 Å². The van der Waals surface area contributed by atoms with Gasteiger partial charge in [0.1, 0.15) is 23.7 Å². The molecule has 0 aliphatic carbocycles. The van der Waals surface area contributed by atoms with Gasteiger partial charge in [-0.05, 0) is 59.0 Å². The number of nitrogens with one attached hydrogen (secondary N) is 2. The second kappa shape index (κ2) is 9.51. The fourth-order valence-electron chi connectivity index (χ4n) is 3.63. The minimum atomic E-state index is -0.259. The van der Waals surface area contributed by atoms with E-state index in [4.69, 9.17) is 0 Å². The van der Waals surface area contributed by atoms with Gasteiger partial charge in [0.15, 0.2) is 0 Å². The number of aryl methyl sites for hydroxylation is 1. The average Bonchev–Trinajstić information content (AvgIpc) is 2.83. The summed E-state index contributed by atoms with van der Waals surface area (Å²) in [5.41, 5.74) is 5.27. The second-order valence-electron chi connectivity index (χ2n) is 7.50. The van der Waals surface area contributed by atoms with Crippen LogP contribution in [0, 0.1) is 5.82 Å². The number of amides is 1.